The Labute approximate surface area is 114 Å². The van der Waals surface area contributed by atoms with Crippen LogP contribution < -0.4 is 0 Å². The summed E-state index contributed by atoms with van der Waals surface area (Å²) in [6.45, 7) is 0. The first-order valence-corrected chi connectivity index (χ1v) is 6.25. The molecule has 0 fully saturated rings. The summed E-state index contributed by atoms with van der Waals surface area (Å²) in [6, 6.07) is 10.4. The first-order valence-electron chi connectivity index (χ1n) is 6.25. The highest BCUT2D eigenvalue weighted by Crippen LogP contribution is 2.18. The largest absolute Gasteiger partial charge is 0.478 e. The van der Waals surface area contributed by atoms with Crippen molar-refractivity contribution in [3.8, 4) is 0 Å². The first-order chi connectivity index (χ1) is 9.72. The minimum absolute atomic E-state index is 0.210. The zero-order chi connectivity index (χ0) is 13.9. The van der Waals surface area contributed by atoms with Gasteiger partial charge in [0.1, 0.15) is 5.52 Å². The molecule has 0 saturated heterocycles. The predicted molar refractivity (Wildman–Crippen MR) is 72.6 cm³/mol. The van der Waals surface area contributed by atoms with Crippen LogP contribution in [0.3, 0.4) is 0 Å². The molecule has 0 atom stereocenters. The van der Waals surface area contributed by atoms with Crippen molar-refractivity contribution in [2.75, 3.05) is 0 Å². The van der Waals surface area contributed by atoms with Crippen LogP contribution in [-0.2, 0) is 12.8 Å². The van der Waals surface area contributed by atoms with Crippen LogP contribution in [0.4, 0.5) is 0 Å². The molecule has 1 aromatic carbocycles. The molecule has 100 valence electrons. The van der Waals surface area contributed by atoms with Crippen LogP contribution in [-0.4, -0.2) is 21.0 Å². The molecule has 0 amide bonds. The fourth-order valence-corrected chi connectivity index (χ4v) is 2.00. The Bertz CT molecular complexity index is 750. The van der Waals surface area contributed by atoms with Gasteiger partial charge in [0.25, 0.3) is 0 Å². The number of carboxylic acids is 1. The normalized spacial score (nSPS) is 10.8. The van der Waals surface area contributed by atoms with E-state index in [0.29, 0.717) is 23.4 Å². The van der Waals surface area contributed by atoms with E-state index in [4.69, 9.17) is 9.52 Å². The van der Waals surface area contributed by atoms with Crippen molar-refractivity contribution >= 4 is 17.1 Å². The molecule has 2 heterocycles. The molecule has 3 aromatic rings. The van der Waals surface area contributed by atoms with E-state index < -0.39 is 5.97 Å². The molecule has 0 spiro atoms. The number of aryl methyl sites for hydroxylation is 2. The van der Waals surface area contributed by atoms with Gasteiger partial charge in [-0.3, -0.25) is 4.98 Å². The van der Waals surface area contributed by atoms with E-state index in [0.717, 1.165) is 12.1 Å². The molecule has 2 aromatic heterocycles. The molecule has 0 bridgehead atoms. The molecule has 0 radical (unpaired) electrons. The minimum atomic E-state index is -0.968. The zero-order valence-corrected chi connectivity index (χ0v) is 10.6. The van der Waals surface area contributed by atoms with Gasteiger partial charge >= 0.3 is 5.97 Å². The highest BCUT2D eigenvalue weighted by atomic mass is 16.4. The van der Waals surface area contributed by atoms with Crippen LogP contribution in [0.5, 0.6) is 0 Å². The summed E-state index contributed by atoms with van der Waals surface area (Å²) in [5, 5.41) is 8.94. The van der Waals surface area contributed by atoms with Gasteiger partial charge in [0.15, 0.2) is 11.5 Å². The Balaban J connectivity index is 1.80. The summed E-state index contributed by atoms with van der Waals surface area (Å²) in [5.74, 6) is -0.377. The number of hydrogen-bond acceptors (Lipinski definition) is 4. The third kappa shape index (κ3) is 2.51. The lowest BCUT2D eigenvalue weighted by molar-refractivity contribution is 0.0697. The topological polar surface area (TPSA) is 76.2 Å². The van der Waals surface area contributed by atoms with Crippen molar-refractivity contribution in [2.45, 2.75) is 12.8 Å². The SMILES string of the molecule is O=C(O)c1ccc2oc(CCc3ccccn3)nc2c1. The van der Waals surface area contributed by atoms with Crippen LogP contribution in [0.15, 0.2) is 47.0 Å². The molecule has 20 heavy (non-hydrogen) atoms. The number of aromatic nitrogens is 2. The van der Waals surface area contributed by atoms with Gasteiger partial charge in [0, 0.05) is 18.3 Å². The number of oxazole rings is 1. The number of aromatic carboxylic acids is 1. The highest BCUT2D eigenvalue weighted by Gasteiger charge is 2.09. The van der Waals surface area contributed by atoms with E-state index in [2.05, 4.69) is 9.97 Å². The van der Waals surface area contributed by atoms with Gasteiger partial charge in [-0.15, -0.1) is 0 Å². The second-order valence-corrected chi connectivity index (χ2v) is 4.42. The fourth-order valence-electron chi connectivity index (χ4n) is 2.00. The summed E-state index contributed by atoms with van der Waals surface area (Å²) >= 11 is 0. The van der Waals surface area contributed by atoms with Crippen molar-refractivity contribution < 1.29 is 14.3 Å². The Hall–Kier alpha value is -2.69. The summed E-state index contributed by atoms with van der Waals surface area (Å²) in [6.07, 6.45) is 3.12. The van der Waals surface area contributed by atoms with E-state index in [-0.39, 0.29) is 5.56 Å². The quantitative estimate of drug-likeness (QED) is 0.787. The summed E-state index contributed by atoms with van der Waals surface area (Å²) in [4.78, 5) is 19.4. The summed E-state index contributed by atoms with van der Waals surface area (Å²) in [7, 11) is 0. The molecule has 0 aliphatic rings. The van der Waals surface area contributed by atoms with Gasteiger partial charge in [0.05, 0.1) is 5.56 Å². The van der Waals surface area contributed by atoms with Crippen LogP contribution in [0.25, 0.3) is 11.1 Å². The lowest BCUT2D eigenvalue weighted by Crippen LogP contribution is -1.95. The second-order valence-electron chi connectivity index (χ2n) is 4.42. The number of rotatable bonds is 4. The van der Waals surface area contributed by atoms with E-state index in [9.17, 15) is 4.79 Å². The first kappa shape index (κ1) is 12.3. The monoisotopic (exact) mass is 268 g/mol. The number of carboxylic acid groups (broad SMARTS) is 1. The van der Waals surface area contributed by atoms with Gasteiger partial charge in [-0.1, -0.05) is 6.07 Å². The van der Waals surface area contributed by atoms with Crippen molar-refractivity contribution in [2.24, 2.45) is 0 Å². The summed E-state index contributed by atoms with van der Waals surface area (Å²) < 4.78 is 5.59. The number of pyridine rings is 1. The number of benzene rings is 1. The third-order valence-electron chi connectivity index (χ3n) is 3.00. The average Bonchev–Trinajstić information content (AvgIpc) is 2.88. The number of fused-ring (bicyclic) bond motifs is 1. The number of nitrogens with zero attached hydrogens (tertiary/aromatic N) is 2. The van der Waals surface area contributed by atoms with Crippen molar-refractivity contribution in [3.05, 3.63) is 59.7 Å². The average molecular weight is 268 g/mol. The van der Waals surface area contributed by atoms with Crippen LogP contribution in [0.2, 0.25) is 0 Å². The van der Waals surface area contributed by atoms with Crippen LogP contribution in [0.1, 0.15) is 21.9 Å². The van der Waals surface area contributed by atoms with E-state index in [1.807, 2.05) is 18.2 Å². The fraction of sp³-hybridized carbons (Fsp3) is 0.133. The molecular weight excluding hydrogens is 256 g/mol. The Kier molecular flexibility index (Phi) is 3.16. The lowest BCUT2D eigenvalue weighted by atomic mass is 10.2. The highest BCUT2D eigenvalue weighted by molar-refractivity contribution is 5.91. The maximum Gasteiger partial charge on any atom is 0.335 e. The zero-order valence-electron chi connectivity index (χ0n) is 10.6. The van der Waals surface area contributed by atoms with E-state index in [1.165, 1.54) is 12.1 Å². The third-order valence-corrected chi connectivity index (χ3v) is 3.00. The standard InChI is InChI=1S/C15H12N2O3/c18-15(19)10-4-6-13-12(9-10)17-14(20-13)7-5-11-3-1-2-8-16-11/h1-4,6,8-9H,5,7H2,(H,18,19). The molecule has 1 N–H and O–H groups in total. The molecule has 0 aliphatic heterocycles. The van der Waals surface area contributed by atoms with Gasteiger partial charge < -0.3 is 9.52 Å². The maximum absolute atomic E-state index is 10.9. The molecule has 5 heteroatoms. The smallest absolute Gasteiger partial charge is 0.335 e. The molecule has 3 rings (SSSR count). The summed E-state index contributed by atoms with van der Waals surface area (Å²) in [5.41, 5.74) is 2.36. The van der Waals surface area contributed by atoms with E-state index >= 15 is 0 Å². The maximum atomic E-state index is 10.9. The Morgan fingerprint density at radius 3 is 2.85 bits per heavy atom. The Morgan fingerprint density at radius 2 is 2.10 bits per heavy atom. The van der Waals surface area contributed by atoms with Gasteiger partial charge in [-0.25, -0.2) is 9.78 Å². The van der Waals surface area contributed by atoms with Gasteiger partial charge in [-0.2, -0.15) is 0 Å². The molecule has 0 saturated carbocycles. The van der Waals surface area contributed by atoms with Gasteiger partial charge in [-0.05, 0) is 36.8 Å². The Morgan fingerprint density at radius 1 is 1.20 bits per heavy atom. The van der Waals surface area contributed by atoms with Crippen molar-refractivity contribution in [1.82, 2.24) is 9.97 Å². The molecular formula is C15H12N2O3. The number of carbonyl (C=O) groups is 1. The van der Waals surface area contributed by atoms with Gasteiger partial charge in [0.2, 0.25) is 0 Å². The van der Waals surface area contributed by atoms with Crippen LogP contribution >= 0.6 is 0 Å². The molecule has 0 unspecified atom stereocenters. The van der Waals surface area contributed by atoms with Crippen molar-refractivity contribution in [3.63, 3.8) is 0 Å². The van der Waals surface area contributed by atoms with Crippen LogP contribution in [0, 0.1) is 0 Å². The predicted octanol–water partition coefficient (Wildman–Crippen LogP) is 2.71. The second kappa shape index (κ2) is 5.13. The number of hydrogen-bond donors (Lipinski definition) is 1. The van der Waals surface area contributed by atoms with Crippen molar-refractivity contribution in [1.29, 1.82) is 0 Å². The van der Waals surface area contributed by atoms with E-state index in [1.54, 1.807) is 12.3 Å². The lowest BCUT2D eigenvalue weighted by Gasteiger charge is -1.95. The minimum Gasteiger partial charge on any atom is -0.478 e. The molecule has 5 nitrogen and oxygen atoms in total. The molecule has 0 aliphatic carbocycles.